The Bertz CT molecular complexity index is 1110. The van der Waals surface area contributed by atoms with Gasteiger partial charge in [0.05, 0.1) is 12.8 Å². The Kier molecular flexibility index (Phi) is 5.84. The Morgan fingerprint density at radius 1 is 0.806 bits per heavy atom. The lowest BCUT2D eigenvalue weighted by Gasteiger charge is -2.14. The molecule has 4 N–H and O–H groups in total. The topological polar surface area (TPSA) is 111 Å². The van der Waals surface area contributed by atoms with Gasteiger partial charge in [0.25, 0.3) is 0 Å². The summed E-state index contributed by atoms with van der Waals surface area (Å²) in [7, 11) is 3.99. The van der Waals surface area contributed by atoms with Crippen LogP contribution in [0.5, 0.6) is 5.75 Å². The van der Waals surface area contributed by atoms with Gasteiger partial charge in [0.2, 0.25) is 17.8 Å². The van der Waals surface area contributed by atoms with Crippen molar-refractivity contribution in [1.82, 2.24) is 15.0 Å². The first-order valence-corrected chi connectivity index (χ1v) is 9.68. The quantitative estimate of drug-likeness (QED) is 0.311. The summed E-state index contributed by atoms with van der Waals surface area (Å²) < 4.78 is 5.36. The number of hydrogen-bond donors (Lipinski definition) is 4. The van der Waals surface area contributed by atoms with Crippen molar-refractivity contribution in [2.45, 2.75) is 6.54 Å². The average molecular weight is 417 g/mol. The molecule has 31 heavy (non-hydrogen) atoms. The molecule has 158 valence electrons. The number of nitrogens with zero attached hydrogens (tertiary/aromatic N) is 4. The maximum absolute atomic E-state index is 9.49. The summed E-state index contributed by atoms with van der Waals surface area (Å²) in [5.74, 6) is 2.08. The van der Waals surface area contributed by atoms with E-state index < -0.39 is 0 Å². The van der Waals surface area contributed by atoms with Crippen molar-refractivity contribution in [3.05, 3.63) is 72.7 Å². The molecular weight excluding hydrogens is 394 g/mol. The van der Waals surface area contributed by atoms with Gasteiger partial charge in [-0.3, -0.25) is 0 Å². The maximum atomic E-state index is 9.49. The third-order valence-electron chi connectivity index (χ3n) is 4.40. The summed E-state index contributed by atoms with van der Waals surface area (Å²) in [6, 6.07) is 18.3. The van der Waals surface area contributed by atoms with Gasteiger partial charge in [0, 0.05) is 31.2 Å². The highest BCUT2D eigenvalue weighted by molar-refractivity contribution is 5.62. The number of furan rings is 1. The lowest BCUT2D eigenvalue weighted by molar-refractivity contribution is 0.475. The molecule has 0 bridgehead atoms. The van der Waals surface area contributed by atoms with Crippen LogP contribution in [0.2, 0.25) is 0 Å². The van der Waals surface area contributed by atoms with Gasteiger partial charge in [-0.15, -0.1) is 0 Å². The first-order valence-electron chi connectivity index (χ1n) is 9.68. The molecule has 0 spiro atoms. The molecule has 2 heterocycles. The molecule has 2 aromatic carbocycles. The number of anilines is 6. The van der Waals surface area contributed by atoms with E-state index in [1.807, 2.05) is 55.4 Å². The zero-order chi connectivity index (χ0) is 21.6. The van der Waals surface area contributed by atoms with Crippen LogP contribution in [0.25, 0.3) is 0 Å². The van der Waals surface area contributed by atoms with Gasteiger partial charge in [-0.25, -0.2) is 0 Å². The van der Waals surface area contributed by atoms with Crippen LogP contribution < -0.4 is 20.9 Å². The number of aromatic nitrogens is 3. The van der Waals surface area contributed by atoms with Crippen molar-refractivity contribution in [2.75, 3.05) is 34.9 Å². The smallest absolute Gasteiger partial charge is 0.233 e. The first kappa shape index (κ1) is 20.0. The van der Waals surface area contributed by atoms with Gasteiger partial charge in [0.15, 0.2) is 0 Å². The fraction of sp³-hybridized carbons (Fsp3) is 0.136. The molecule has 0 fully saturated rings. The van der Waals surface area contributed by atoms with Crippen LogP contribution in [-0.4, -0.2) is 34.2 Å². The van der Waals surface area contributed by atoms with E-state index in [0.717, 1.165) is 22.8 Å². The van der Waals surface area contributed by atoms with Crippen LogP contribution in [-0.2, 0) is 6.54 Å². The SMILES string of the molecule is CN(C)c1ccc(Nc2nc(NCc3ccco3)nc(Nc3ccc(O)cc3)n2)cc1. The Morgan fingerprint density at radius 3 is 1.94 bits per heavy atom. The van der Waals surface area contributed by atoms with E-state index in [1.54, 1.807) is 30.5 Å². The summed E-state index contributed by atoms with van der Waals surface area (Å²) in [4.78, 5) is 15.4. The summed E-state index contributed by atoms with van der Waals surface area (Å²) >= 11 is 0. The molecule has 0 unspecified atom stereocenters. The number of hydrogen-bond acceptors (Lipinski definition) is 9. The van der Waals surface area contributed by atoms with Crippen molar-refractivity contribution in [3.63, 3.8) is 0 Å². The van der Waals surface area contributed by atoms with Crippen LogP contribution in [0.15, 0.2) is 71.3 Å². The molecule has 4 aromatic rings. The van der Waals surface area contributed by atoms with Crippen molar-refractivity contribution < 1.29 is 9.52 Å². The number of benzene rings is 2. The van der Waals surface area contributed by atoms with Gasteiger partial charge in [-0.05, 0) is 60.7 Å². The van der Waals surface area contributed by atoms with Crippen LogP contribution in [0.1, 0.15) is 5.76 Å². The average Bonchev–Trinajstić information content (AvgIpc) is 3.28. The molecule has 2 aromatic heterocycles. The van der Waals surface area contributed by atoms with Gasteiger partial charge in [-0.1, -0.05) is 0 Å². The molecule has 9 nitrogen and oxygen atoms in total. The third-order valence-corrected chi connectivity index (χ3v) is 4.40. The minimum atomic E-state index is 0.186. The lowest BCUT2D eigenvalue weighted by atomic mass is 10.2. The molecule has 0 saturated carbocycles. The van der Waals surface area contributed by atoms with Crippen molar-refractivity contribution in [1.29, 1.82) is 0 Å². The normalized spacial score (nSPS) is 10.5. The van der Waals surface area contributed by atoms with Crippen molar-refractivity contribution >= 4 is 34.9 Å². The second kappa shape index (κ2) is 9.04. The minimum absolute atomic E-state index is 0.186. The zero-order valence-corrected chi connectivity index (χ0v) is 17.2. The molecule has 4 rings (SSSR count). The summed E-state index contributed by atoms with van der Waals surface area (Å²) in [5.41, 5.74) is 2.68. The van der Waals surface area contributed by atoms with E-state index in [4.69, 9.17) is 4.42 Å². The van der Waals surface area contributed by atoms with E-state index in [2.05, 4.69) is 30.9 Å². The lowest BCUT2D eigenvalue weighted by Crippen LogP contribution is -2.10. The molecular formula is C22H23N7O2. The minimum Gasteiger partial charge on any atom is -0.508 e. The maximum Gasteiger partial charge on any atom is 0.233 e. The van der Waals surface area contributed by atoms with Gasteiger partial charge in [0.1, 0.15) is 11.5 Å². The van der Waals surface area contributed by atoms with Crippen LogP contribution in [0.4, 0.5) is 34.9 Å². The second-order valence-corrected chi connectivity index (χ2v) is 6.98. The van der Waals surface area contributed by atoms with Gasteiger partial charge in [-0.2, -0.15) is 15.0 Å². The van der Waals surface area contributed by atoms with Crippen LogP contribution in [0.3, 0.4) is 0 Å². The number of phenolic OH excluding ortho intramolecular Hbond substituents is 1. The van der Waals surface area contributed by atoms with E-state index in [-0.39, 0.29) is 5.75 Å². The Labute approximate surface area is 179 Å². The predicted octanol–water partition coefficient (Wildman–Crippen LogP) is 4.34. The van der Waals surface area contributed by atoms with Crippen LogP contribution in [0, 0.1) is 0 Å². The molecule has 0 atom stereocenters. The third kappa shape index (κ3) is 5.41. The second-order valence-electron chi connectivity index (χ2n) is 6.98. The molecule has 0 aliphatic rings. The van der Waals surface area contributed by atoms with Crippen molar-refractivity contribution in [2.24, 2.45) is 0 Å². The number of nitrogens with one attached hydrogen (secondary N) is 3. The zero-order valence-electron chi connectivity index (χ0n) is 17.2. The summed E-state index contributed by atoms with van der Waals surface area (Å²) in [6.07, 6.45) is 1.62. The summed E-state index contributed by atoms with van der Waals surface area (Å²) in [6.45, 7) is 0.437. The number of aromatic hydroxyl groups is 1. The van der Waals surface area contributed by atoms with Crippen molar-refractivity contribution in [3.8, 4) is 5.75 Å². The molecule has 0 saturated heterocycles. The van der Waals surface area contributed by atoms with E-state index >= 15 is 0 Å². The summed E-state index contributed by atoms with van der Waals surface area (Å²) in [5, 5.41) is 19.0. The highest BCUT2D eigenvalue weighted by atomic mass is 16.3. The van der Waals surface area contributed by atoms with Gasteiger partial charge < -0.3 is 30.4 Å². The van der Waals surface area contributed by atoms with E-state index in [9.17, 15) is 5.11 Å². The fourth-order valence-corrected chi connectivity index (χ4v) is 2.79. The Hall–Kier alpha value is -4.27. The largest absolute Gasteiger partial charge is 0.508 e. The van der Waals surface area contributed by atoms with Crippen LogP contribution >= 0.6 is 0 Å². The standard InChI is InChI=1S/C22H23N7O2/c1-29(2)17-9-5-15(6-10-17)24-21-26-20(23-14-19-4-3-13-31-19)27-22(28-21)25-16-7-11-18(30)12-8-16/h3-13,30H,14H2,1-2H3,(H3,23,24,25,26,27,28). The number of rotatable bonds is 8. The van der Waals surface area contributed by atoms with Gasteiger partial charge >= 0.3 is 0 Å². The molecule has 0 amide bonds. The van der Waals surface area contributed by atoms with E-state index in [1.165, 1.54) is 0 Å². The number of phenols is 1. The Balaban J connectivity index is 1.57. The monoisotopic (exact) mass is 417 g/mol. The fourth-order valence-electron chi connectivity index (χ4n) is 2.79. The molecule has 9 heteroatoms. The Morgan fingerprint density at radius 2 is 1.39 bits per heavy atom. The highest BCUT2D eigenvalue weighted by Gasteiger charge is 2.09. The molecule has 0 aliphatic carbocycles. The molecule has 0 radical (unpaired) electrons. The highest BCUT2D eigenvalue weighted by Crippen LogP contribution is 2.22. The van der Waals surface area contributed by atoms with E-state index in [0.29, 0.717) is 24.4 Å². The first-order chi connectivity index (χ1) is 15.0. The molecule has 0 aliphatic heterocycles. The predicted molar refractivity (Wildman–Crippen MR) is 121 cm³/mol.